The normalized spacial score (nSPS) is 12.2. The van der Waals surface area contributed by atoms with E-state index in [9.17, 15) is 31.2 Å². The summed E-state index contributed by atoms with van der Waals surface area (Å²) < 4.78 is 70.7. The third-order valence-corrected chi connectivity index (χ3v) is 5.79. The minimum Gasteiger partial charge on any atom is -0.456 e. The van der Waals surface area contributed by atoms with Gasteiger partial charge in [0.2, 0.25) is 0 Å². The van der Waals surface area contributed by atoms with Crippen molar-refractivity contribution in [3.05, 3.63) is 75.9 Å². The van der Waals surface area contributed by atoms with Crippen molar-refractivity contribution >= 4 is 27.4 Å². The predicted octanol–water partition coefficient (Wildman–Crippen LogP) is 4.91. The largest absolute Gasteiger partial charge is 0.534 e. The predicted molar refractivity (Wildman–Crippen MR) is 110 cm³/mol. The molecule has 164 valence electrons. The first-order valence-electron chi connectivity index (χ1n) is 9.08. The molecule has 32 heavy (non-hydrogen) atoms. The number of hydrogen-bond acceptors (Lipinski definition) is 6. The van der Waals surface area contributed by atoms with E-state index in [2.05, 4.69) is 4.18 Å². The highest BCUT2D eigenvalue weighted by Crippen LogP contribution is 2.42. The summed E-state index contributed by atoms with van der Waals surface area (Å²) in [7, 11) is -5.87. The Labute approximate surface area is 179 Å². The van der Waals surface area contributed by atoms with Crippen LogP contribution in [-0.4, -0.2) is 20.2 Å². The molecule has 1 heterocycles. The third-order valence-electron chi connectivity index (χ3n) is 4.81. The lowest BCUT2D eigenvalue weighted by molar-refractivity contribution is -0.0500. The second kappa shape index (κ2) is 7.49. The van der Waals surface area contributed by atoms with Gasteiger partial charge in [0.15, 0.2) is 5.43 Å². The first kappa shape index (κ1) is 21.6. The fourth-order valence-corrected chi connectivity index (χ4v) is 3.86. The third kappa shape index (κ3) is 3.73. The molecule has 0 N–H and O–H groups in total. The molecule has 0 spiro atoms. The fourth-order valence-electron chi connectivity index (χ4n) is 3.41. The van der Waals surface area contributed by atoms with Crippen LogP contribution in [0.3, 0.4) is 0 Å². The Morgan fingerprint density at radius 1 is 0.969 bits per heavy atom. The molecule has 2 aromatic rings. The SMILES string of the molecule is Cc1cc(C=O)ccc1-c1c2ccc(=O)cc-2oc2cc(OS(=O)(=O)C(F)(F)F)ccc12. The lowest BCUT2D eigenvalue weighted by atomic mass is 9.90. The molecule has 0 radical (unpaired) electrons. The molecule has 2 aliphatic rings. The summed E-state index contributed by atoms with van der Waals surface area (Å²) in [5.41, 5.74) is -2.92. The molecule has 0 unspecified atom stereocenters. The van der Waals surface area contributed by atoms with E-state index in [1.54, 1.807) is 31.2 Å². The van der Waals surface area contributed by atoms with Gasteiger partial charge in [-0.15, -0.1) is 0 Å². The molecule has 4 rings (SSSR count). The minimum absolute atomic E-state index is 0.00633. The van der Waals surface area contributed by atoms with Crippen LogP contribution in [0.1, 0.15) is 15.9 Å². The van der Waals surface area contributed by atoms with Crippen LogP contribution < -0.4 is 9.61 Å². The molecule has 0 amide bonds. The van der Waals surface area contributed by atoms with E-state index < -0.39 is 21.4 Å². The maximum absolute atomic E-state index is 12.7. The van der Waals surface area contributed by atoms with E-state index in [0.717, 1.165) is 17.7 Å². The van der Waals surface area contributed by atoms with Gasteiger partial charge in [-0.05, 0) is 48.4 Å². The summed E-state index contributed by atoms with van der Waals surface area (Å²) in [6, 6.07) is 12.5. The summed E-state index contributed by atoms with van der Waals surface area (Å²) in [6.45, 7) is 1.78. The van der Waals surface area contributed by atoms with Crippen molar-refractivity contribution in [1.82, 2.24) is 0 Å². The smallest absolute Gasteiger partial charge is 0.456 e. The van der Waals surface area contributed by atoms with E-state index in [1.165, 1.54) is 18.2 Å². The van der Waals surface area contributed by atoms with Gasteiger partial charge in [0.25, 0.3) is 0 Å². The molecule has 1 aliphatic heterocycles. The monoisotopic (exact) mass is 462 g/mol. The van der Waals surface area contributed by atoms with Gasteiger partial charge in [0.05, 0.1) is 0 Å². The average molecular weight is 462 g/mol. The average Bonchev–Trinajstić information content (AvgIpc) is 2.71. The Kier molecular flexibility index (Phi) is 5.04. The lowest BCUT2D eigenvalue weighted by Gasteiger charge is -2.17. The number of carbonyl (C=O) groups is 1. The van der Waals surface area contributed by atoms with Gasteiger partial charge >= 0.3 is 15.6 Å². The van der Waals surface area contributed by atoms with Gasteiger partial charge in [-0.1, -0.05) is 12.1 Å². The quantitative estimate of drug-likeness (QED) is 0.185. The standard InChI is InChI=1S/C22H13F3O6S/c1-12-8-13(11-26)2-5-16(12)21-17-6-3-14(27)9-19(17)30-20-10-15(4-7-18(20)21)31-32(28,29)22(23,24)25/h2-11H,1H3. The van der Waals surface area contributed by atoms with Gasteiger partial charge in [0, 0.05) is 34.2 Å². The molecule has 0 aromatic heterocycles. The Balaban J connectivity index is 2.00. The summed E-state index contributed by atoms with van der Waals surface area (Å²) >= 11 is 0. The van der Waals surface area contributed by atoms with E-state index in [0.29, 0.717) is 33.9 Å². The Morgan fingerprint density at radius 3 is 2.34 bits per heavy atom. The molecule has 0 saturated carbocycles. The molecule has 0 atom stereocenters. The molecule has 0 bridgehead atoms. The van der Waals surface area contributed by atoms with Gasteiger partial charge in [-0.2, -0.15) is 21.6 Å². The lowest BCUT2D eigenvalue weighted by Crippen LogP contribution is -2.28. The highest BCUT2D eigenvalue weighted by atomic mass is 32.2. The molecule has 0 fully saturated rings. The first-order chi connectivity index (χ1) is 15.0. The molecular formula is C22H13F3O6S. The number of hydrogen-bond donors (Lipinski definition) is 0. The van der Waals surface area contributed by atoms with Crippen LogP contribution in [-0.2, 0) is 10.1 Å². The second-order valence-corrected chi connectivity index (χ2v) is 8.51. The number of fused-ring (bicyclic) bond motifs is 2. The highest BCUT2D eigenvalue weighted by Gasteiger charge is 2.48. The summed E-state index contributed by atoms with van der Waals surface area (Å²) in [4.78, 5) is 23.0. The number of aldehydes is 1. The fraction of sp³-hybridized carbons (Fsp3) is 0.0909. The number of aryl methyl sites for hydroxylation is 1. The van der Waals surface area contributed by atoms with Gasteiger partial charge < -0.3 is 8.60 Å². The van der Waals surface area contributed by atoms with Crippen molar-refractivity contribution in [2.75, 3.05) is 0 Å². The van der Waals surface area contributed by atoms with Crippen LogP contribution in [0.25, 0.3) is 33.4 Å². The van der Waals surface area contributed by atoms with Crippen LogP contribution in [0.5, 0.6) is 5.75 Å². The highest BCUT2D eigenvalue weighted by molar-refractivity contribution is 7.88. The van der Waals surface area contributed by atoms with Crippen molar-refractivity contribution in [1.29, 1.82) is 0 Å². The van der Waals surface area contributed by atoms with E-state index >= 15 is 0 Å². The second-order valence-electron chi connectivity index (χ2n) is 6.97. The summed E-state index contributed by atoms with van der Waals surface area (Å²) in [5.74, 6) is -0.454. The summed E-state index contributed by atoms with van der Waals surface area (Å²) in [6.07, 6.45) is 0.696. The Hall–Kier alpha value is -3.66. The summed E-state index contributed by atoms with van der Waals surface area (Å²) in [5, 5.41) is 0.440. The van der Waals surface area contributed by atoms with Crippen LogP contribution >= 0.6 is 0 Å². The van der Waals surface area contributed by atoms with Gasteiger partial charge in [0.1, 0.15) is 23.4 Å². The number of carbonyl (C=O) groups excluding carboxylic acids is 1. The number of benzene rings is 3. The van der Waals surface area contributed by atoms with Crippen molar-refractivity contribution < 1.29 is 35.0 Å². The molecule has 2 aromatic carbocycles. The zero-order valence-corrected chi connectivity index (χ0v) is 17.1. The van der Waals surface area contributed by atoms with Crippen molar-refractivity contribution in [3.63, 3.8) is 0 Å². The number of rotatable bonds is 4. The topological polar surface area (TPSA) is 90.7 Å². The van der Waals surface area contributed by atoms with Crippen molar-refractivity contribution in [3.8, 4) is 28.2 Å². The van der Waals surface area contributed by atoms with E-state index in [1.807, 2.05) is 0 Å². The van der Waals surface area contributed by atoms with Crippen LogP contribution in [0.4, 0.5) is 13.2 Å². The van der Waals surface area contributed by atoms with E-state index in [-0.39, 0.29) is 16.8 Å². The molecule has 0 saturated heterocycles. The van der Waals surface area contributed by atoms with Crippen LogP contribution in [0.15, 0.2) is 63.8 Å². The maximum Gasteiger partial charge on any atom is 0.534 e. The van der Waals surface area contributed by atoms with Crippen LogP contribution in [0, 0.1) is 6.92 Å². The maximum atomic E-state index is 12.7. The van der Waals surface area contributed by atoms with Gasteiger partial charge in [-0.3, -0.25) is 9.59 Å². The van der Waals surface area contributed by atoms with Crippen LogP contribution in [0.2, 0.25) is 0 Å². The van der Waals surface area contributed by atoms with Crippen molar-refractivity contribution in [2.24, 2.45) is 0 Å². The minimum atomic E-state index is -5.87. The molecule has 10 heteroatoms. The van der Waals surface area contributed by atoms with E-state index in [4.69, 9.17) is 4.42 Å². The molecule has 1 aliphatic carbocycles. The van der Waals surface area contributed by atoms with Gasteiger partial charge in [-0.25, -0.2) is 0 Å². The first-order valence-corrected chi connectivity index (χ1v) is 10.5. The van der Waals surface area contributed by atoms with Crippen molar-refractivity contribution in [2.45, 2.75) is 12.4 Å². The Bertz CT molecular complexity index is 1500. The zero-order valence-electron chi connectivity index (χ0n) is 16.3. The number of alkyl halides is 3. The molecule has 6 nitrogen and oxygen atoms in total. The number of halogens is 3. The zero-order chi connectivity index (χ0) is 23.3. The Morgan fingerprint density at radius 2 is 1.69 bits per heavy atom. The molecular weight excluding hydrogens is 449 g/mol.